The van der Waals surface area contributed by atoms with E-state index < -0.39 is 6.09 Å². The first-order valence-electron chi connectivity index (χ1n) is 9.25. The second-order valence-electron chi connectivity index (χ2n) is 7.74. The fourth-order valence-corrected chi connectivity index (χ4v) is 3.05. The highest BCUT2D eigenvalue weighted by atomic mass is 16.6. The predicted octanol–water partition coefficient (Wildman–Crippen LogP) is 4.41. The van der Waals surface area contributed by atoms with Gasteiger partial charge >= 0.3 is 6.09 Å². The van der Waals surface area contributed by atoms with Crippen molar-refractivity contribution in [3.05, 3.63) is 48.0 Å². The van der Waals surface area contributed by atoms with Crippen LogP contribution in [0.3, 0.4) is 0 Å². The Kier molecular flexibility index (Phi) is 5.68. The fraction of sp³-hybridized carbons (Fsp3) is 0.409. The minimum Gasteiger partial charge on any atom is -0.493 e. The summed E-state index contributed by atoms with van der Waals surface area (Å²) in [5.41, 5.74) is 2.03. The van der Waals surface area contributed by atoms with E-state index in [9.17, 15) is 4.79 Å². The molecule has 0 saturated carbocycles. The summed E-state index contributed by atoms with van der Waals surface area (Å²) >= 11 is 0. The first-order valence-corrected chi connectivity index (χ1v) is 9.25. The molecule has 1 atom stereocenters. The molecule has 2 aromatic rings. The highest BCUT2D eigenvalue weighted by molar-refractivity contribution is 5.90. The van der Waals surface area contributed by atoms with Crippen molar-refractivity contribution in [1.82, 2.24) is 0 Å². The number of ether oxygens (including phenoxy) is 4. The third-order valence-corrected chi connectivity index (χ3v) is 4.71. The molecule has 2 aromatic carbocycles. The quantitative estimate of drug-likeness (QED) is 0.737. The van der Waals surface area contributed by atoms with E-state index in [2.05, 4.69) is 32.9 Å². The van der Waals surface area contributed by atoms with Crippen molar-refractivity contribution in [2.75, 3.05) is 32.3 Å². The minimum absolute atomic E-state index is 0.0967. The van der Waals surface area contributed by atoms with Crippen LogP contribution in [0.5, 0.6) is 17.2 Å². The maximum absolute atomic E-state index is 12.3. The number of cyclic esters (lactones) is 1. The minimum atomic E-state index is -0.399. The van der Waals surface area contributed by atoms with Crippen LogP contribution in [-0.4, -0.2) is 39.6 Å². The number of benzene rings is 2. The molecule has 6 heteroatoms. The molecular formula is C22H27NO5. The Morgan fingerprint density at radius 1 is 1.04 bits per heavy atom. The predicted molar refractivity (Wildman–Crippen MR) is 108 cm³/mol. The molecule has 0 spiro atoms. The topological polar surface area (TPSA) is 57.2 Å². The Balaban J connectivity index is 1.62. The normalized spacial score (nSPS) is 16.7. The van der Waals surface area contributed by atoms with Crippen molar-refractivity contribution in [2.24, 2.45) is 0 Å². The summed E-state index contributed by atoms with van der Waals surface area (Å²) in [4.78, 5) is 13.8. The van der Waals surface area contributed by atoms with Gasteiger partial charge < -0.3 is 18.9 Å². The van der Waals surface area contributed by atoms with Crippen molar-refractivity contribution in [3.8, 4) is 17.2 Å². The smallest absolute Gasteiger partial charge is 0.414 e. The van der Waals surface area contributed by atoms with Gasteiger partial charge in [0.25, 0.3) is 0 Å². The van der Waals surface area contributed by atoms with Gasteiger partial charge in [-0.1, -0.05) is 32.9 Å². The van der Waals surface area contributed by atoms with E-state index in [1.165, 1.54) is 5.56 Å². The van der Waals surface area contributed by atoms with Crippen LogP contribution < -0.4 is 19.1 Å². The average Bonchev–Trinajstić information content (AvgIpc) is 3.06. The zero-order chi connectivity index (χ0) is 20.3. The molecule has 1 aliphatic rings. The molecule has 28 heavy (non-hydrogen) atoms. The molecule has 0 aromatic heterocycles. The van der Waals surface area contributed by atoms with Gasteiger partial charge in [0.2, 0.25) is 0 Å². The molecule has 1 amide bonds. The van der Waals surface area contributed by atoms with Crippen LogP contribution >= 0.6 is 0 Å². The molecule has 1 fully saturated rings. The van der Waals surface area contributed by atoms with Crippen molar-refractivity contribution in [2.45, 2.75) is 32.3 Å². The second-order valence-corrected chi connectivity index (χ2v) is 7.74. The number of anilines is 1. The molecule has 0 N–H and O–H groups in total. The van der Waals surface area contributed by atoms with E-state index in [0.29, 0.717) is 30.3 Å². The summed E-state index contributed by atoms with van der Waals surface area (Å²) in [7, 11) is 3.13. The third-order valence-electron chi connectivity index (χ3n) is 4.71. The lowest BCUT2D eigenvalue weighted by Crippen LogP contribution is -2.26. The number of carbonyl (C=O) groups is 1. The molecule has 6 nitrogen and oxygen atoms in total. The van der Waals surface area contributed by atoms with Crippen LogP contribution in [0.1, 0.15) is 26.3 Å². The van der Waals surface area contributed by atoms with Gasteiger partial charge in [-0.25, -0.2) is 4.79 Å². The van der Waals surface area contributed by atoms with Crippen molar-refractivity contribution in [3.63, 3.8) is 0 Å². The third kappa shape index (κ3) is 4.32. The van der Waals surface area contributed by atoms with Crippen LogP contribution in [0.15, 0.2) is 42.5 Å². The van der Waals surface area contributed by atoms with Crippen LogP contribution in [-0.2, 0) is 10.2 Å². The summed E-state index contributed by atoms with van der Waals surface area (Å²) in [5.74, 6) is 1.93. The monoisotopic (exact) mass is 385 g/mol. The highest BCUT2D eigenvalue weighted by Crippen LogP contribution is 2.33. The first-order chi connectivity index (χ1) is 13.3. The van der Waals surface area contributed by atoms with Gasteiger partial charge in [0.1, 0.15) is 12.4 Å². The lowest BCUT2D eigenvalue weighted by molar-refractivity contribution is 0.105. The fourth-order valence-electron chi connectivity index (χ4n) is 3.05. The number of hydrogen-bond donors (Lipinski definition) is 0. The van der Waals surface area contributed by atoms with Crippen LogP contribution in [0.2, 0.25) is 0 Å². The molecule has 150 valence electrons. The van der Waals surface area contributed by atoms with E-state index in [-0.39, 0.29) is 11.5 Å². The maximum Gasteiger partial charge on any atom is 0.414 e. The molecule has 0 radical (unpaired) electrons. The van der Waals surface area contributed by atoms with Crippen LogP contribution in [0.4, 0.5) is 10.5 Å². The van der Waals surface area contributed by atoms with E-state index in [4.69, 9.17) is 18.9 Å². The summed E-state index contributed by atoms with van der Waals surface area (Å²) in [6.45, 7) is 7.22. The molecule has 3 rings (SSSR count). The Morgan fingerprint density at radius 3 is 2.32 bits per heavy atom. The first kappa shape index (κ1) is 19.9. The molecule has 0 aliphatic carbocycles. The number of methoxy groups -OCH3 is 2. The van der Waals surface area contributed by atoms with Gasteiger partial charge in [0, 0.05) is 6.07 Å². The molecular weight excluding hydrogens is 358 g/mol. The van der Waals surface area contributed by atoms with E-state index in [1.807, 2.05) is 12.1 Å². The largest absolute Gasteiger partial charge is 0.493 e. The van der Waals surface area contributed by atoms with E-state index in [1.54, 1.807) is 37.3 Å². The number of amides is 1. The highest BCUT2D eigenvalue weighted by Gasteiger charge is 2.33. The van der Waals surface area contributed by atoms with Crippen molar-refractivity contribution < 1.29 is 23.7 Å². The Hall–Kier alpha value is -2.89. The number of rotatable bonds is 6. The van der Waals surface area contributed by atoms with Crippen molar-refractivity contribution >= 4 is 11.8 Å². The lowest BCUT2D eigenvalue weighted by atomic mass is 9.87. The zero-order valence-electron chi connectivity index (χ0n) is 17.0. The molecule has 1 heterocycles. The van der Waals surface area contributed by atoms with Crippen LogP contribution in [0.25, 0.3) is 0 Å². The lowest BCUT2D eigenvalue weighted by Gasteiger charge is -2.19. The summed E-state index contributed by atoms with van der Waals surface area (Å²) < 4.78 is 21.8. The van der Waals surface area contributed by atoms with E-state index >= 15 is 0 Å². The Labute approximate surface area is 166 Å². The molecule has 0 bridgehead atoms. The van der Waals surface area contributed by atoms with Gasteiger partial charge in [0.05, 0.1) is 26.5 Å². The van der Waals surface area contributed by atoms with Gasteiger partial charge in [-0.05, 0) is 35.2 Å². The number of carbonyl (C=O) groups excluding carboxylic acids is 1. The average molecular weight is 385 g/mol. The Morgan fingerprint density at radius 2 is 1.71 bits per heavy atom. The standard InChI is InChI=1S/C22H27NO5/c1-22(2,3)15-6-9-17(10-7-15)27-14-18-13-23(21(24)28-18)16-8-11-19(25-4)20(12-16)26-5/h6-12,18H,13-14H2,1-5H3. The van der Waals surface area contributed by atoms with Crippen molar-refractivity contribution in [1.29, 1.82) is 0 Å². The molecule has 1 saturated heterocycles. The van der Waals surface area contributed by atoms with Gasteiger partial charge in [0.15, 0.2) is 17.6 Å². The molecule has 1 unspecified atom stereocenters. The van der Waals surface area contributed by atoms with E-state index in [0.717, 1.165) is 5.75 Å². The number of nitrogens with zero attached hydrogens (tertiary/aromatic N) is 1. The zero-order valence-corrected chi connectivity index (χ0v) is 17.0. The Bertz CT molecular complexity index is 826. The summed E-state index contributed by atoms with van der Waals surface area (Å²) in [5, 5.41) is 0. The van der Waals surface area contributed by atoms with Gasteiger partial charge in [-0.2, -0.15) is 0 Å². The summed E-state index contributed by atoms with van der Waals surface area (Å²) in [6.07, 6.45) is -0.744. The number of hydrogen-bond acceptors (Lipinski definition) is 5. The van der Waals surface area contributed by atoms with Gasteiger partial charge in [-0.3, -0.25) is 4.90 Å². The van der Waals surface area contributed by atoms with Gasteiger partial charge in [-0.15, -0.1) is 0 Å². The summed E-state index contributed by atoms with van der Waals surface area (Å²) in [6, 6.07) is 13.3. The second kappa shape index (κ2) is 8.00. The van der Waals surface area contributed by atoms with Crippen LogP contribution in [0, 0.1) is 0 Å². The SMILES string of the molecule is COc1ccc(N2CC(COc3ccc(C(C)(C)C)cc3)OC2=O)cc1OC. The maximum atomic E-state index is 12.3. The molecule has 1 aliphatic heterocycles.